The van der Waals surface area contributed by atoms with Crippen molar-refractivity contribution in [1.29, 1.82) is 0 Å². The molecule has 1 heterocycles. The summed E-state index contributed by atoms with van der Waals surface area (Å²) in [4.78, 5) is 15.9. The third kappa shape index (κ3) is 2.52. The molecule has 0 spiro atoms. The number of hydrogen-bond donors (Lipinski definition) is 2. The van der Waals surface area contributed by atoms with Gasteiger partial charge in [0.05, 0.1) is 5.56 Å². The average molecular weight is 245 g/mol. The van der Waals surface area contributed by atoms with E-state index in [1.165, 1.54) is 24.4 Å². The first kappa shape index (κ1) is 12.2. The van der Waals surface area contributed by atoms with Crippen molar-refractivity contribution in [3.05, 3.63) is 59.5 Å². The number of carbonyl (C=O) groups is 1. The van der Waals surface area contributed by atoms with E-state index in [0.717, 1.165) is 0 Å². The molecule has 0 unspecified atom stereocenters. The van der Waals surface area contributed by atoms with Crippen molar-refractivity contribution in [3.8, 4) is 0 Å². The van der Waals surface area contributed by atoms with Gasteiger partial charge in [-0.1, -0.05) is 18.2 Å². The molecule has 0 aliphatic rings. The Balaban J connectivity index is 2.24. The fraction of sp³-hybridized carbons (Fsp3) is 0.0769. The minimum absolute atomic E-state index is 0.0221. The normalized spacial score (nSPS) is 10.1. The average Bonchev–Trinajstić information content (AvgIpc) is 2.39. The van der Waals surface area contributed by atoms with Gasteiger partial charge in [-0.2, -0.15) is 0 Å². The molecule has 0 aliphatic heterocycles. The Morgan fingerprint density at radius 2 is 2.06 bits per heavy atom. The van der Waals surface area contributed by atoms with Crippen molar-refractivity contribution < 1.29 is 9.18 Å². The minimum Gasteiger partial charge on any atom is -0.326 e. The maximum atomic E-state index is 13.4. The van der Waals surface area contributed by atoms with Crippen molar-refractivity contribution in [2.24, 2.45) is 5.73 Å². The number of nitrogens with zero attached hydrogens (tertiary/aromatic N) is 1. The van der Waals surface area contributed by atoms with Crippen LogP contribution in [0.2, 0.25) is 0 Å². The van der Waals surface area contributed by atoms with Crippen LogP contribution in [0.25, 0.3) is 0 Å². The number of amides is 1. The molecule has 0 saturated carbocycles. The number of aromatic nitrogens is 1. The number of pyridine rings is 1. The Hall–Kier alpha value is -2.27. The van der Waals surface area contributed by atoms with Crippen LogP contribution in [0.15, 0.2) is 42.6 Å². The van der Waals surface area contributed by atoms with E-state index in [9.17, 15) is 9.18 Å². The lowest BCUT2D eigenvalue weighted by Gasteiger charge is -2.08. The molecule has 0 saturated heterocycles. The van der Waals surface area contributed by atoms with Crippen LogP contribution in [0.4, 0.5) is 10.2 Å². The number of hydrogen-bond acceptors (Lipinski definition) is 3. The van der Waals surface area contributed by atoms with Gasteiger partial charge in [-0.3, -0.25) is 4.79 Å². The quantitative estimate of drug-likeness (QED) is 0.868. The minimum atomic E-state index is -0.569. The number of carbonyl (C=O) groups excluding carboxylic acids is 1. The molecule has 0 aliphatic carbocycles. The molecule has 5 heteroatoms. The van der Waals surface area contributed by atoms with Gasteiger partial charge in [0.1, 0.15) is 11.6 Å². The van der Waals surface area contributed by atoms with Crippen LogP contribution in [0.3, 0.4) is 0 Å². The van der Waals surface area contributed by atoms with Gasteiger partial charge < -0.3 is 11.1 Å². The summed E-state index contributed by atoms with van der Waals surface area (Å²) in [5.41, 5.74) is 6.20. The van der Waals surface area contributed by atoms with Crippen molar-refractivity contribution in [2.75, 3.05) is 5.32 Å². The predicted molar refractivity (Wildman–Crippen MR) is 66.5 cm³/mol. The third-order valence-electron chi connectivity index (χ3n) is 2.46. The van der Waals surface area contributed by atoms with E-state index < -0.39 is 11.7 Å². The Morgan fingerprint density at radius 1 is 1.28 bits per heavy atom. The number of halogens is 1. The molecule has 3 N–H and O–H groups in total. The molecule has 1 aromatic carbocycles. The van der Waals surface area contributed by atoms with Crippen LogP contribution in [0.5, 0.6) is 0 Å². The highest BCUT2D eigenvalue weighted by atomic mass is 19.1. The van der Waals surface area contributed by atoms with Crippen LogP contribution < -0.4 is 11.1 Å². The van der Waals surface area contributed by atoms with Crippen molar-refractivity contribution >= 4 is 11.7 Å². The molecule has 0 radical (unpaired) electrons. The van der Waals surface area contributed by atoms with Crippen LogP contribution in [0.1, 0.15) is 15.9 Å². The number of nitrogens with one attached hydrogen (secondary N) is 1. The van der Waals surface area contributed by atoms with E-state index in [-0.39, 0.29) is 12.1 Å². The van der Waals surface area contributed by atoms with Gasteiger partial charge in [0.25, 0.3) is 5.91 Å². The molecule has 18 heavy (non-hydrogen) atoms. The lowest BCUT2D eigenvalue weighted by atomic mass is 10.2. The molecule has 2 rings (SSSR count). The molecule has 0 atom stereocenters. The van der Waals surface area contributed by atoms with E-state index >= 15 is 0 Å². The van der Waals surface area contributed by atoms with E-state index in [2.05, 4.69) is 10.3 Å². The summed E-state index contributed by atoms with van der Waals surface area (Å²) in [6.45, 7) is 0.251. The van der Waals surface area contributed by atoms with Gasteiger partial charge in [-0.05, 0) is 18.2 Å². The monoisotopic (exact) mass is 245 g/mol. The molecule has 1 amide bonds. The van der Waals surface area contributed by atoms with Crippen LogP contribution >= 0.6 is 0 Å². The first-order valence-corrected chi connectivity index (χ1v) is 5.42. The predicted octanol–water partition coefficient (Wildman–Crippen LogP) is 1.93. The van der Waals surface area contributed by atoms with E-state index in [1.807, 2.05) is 0 Å². The number of rotatable bonds is 3. The van der Waals surface area contributed by atoms with Gasteiger partial charge in [-0.15, -0.1) is 0 Å². The zero-order valence-electron chi connectivity index (χ0n) is 9.56. The maximum absolute atomic E-state index is 13.4. The standard InChI is InChI=1S/C13H12FN3O/c14-11-6-2-1-5-10(11)13(18)17-12-9(8-15)4-3-7-16-12/h1-7H,8,15H2,(H,16,17,18). The highest BCUT2D eigenvalue weighted by Crippen LogP contribution is 2.13. The molecule has 4 nitrogen and oxygen atoms in total. The van der Waals surface area contributed by atoms with Crippen molar-refractivity contribution in [2.45, 2.75) is 6.54 Å². The summed E-state index contributed by atoms with van der Waals surface area (Å²) in [5, 5.41) is 2.55. The summed E-state index contributed by atoms with van der Waals surface area (Å²) >= 11 is 0. The molecular formula is C13H12FN3O. The summed E-state index contributed by atoms with van der Waals surface area (Å²) < 4.78 is 13.4. The van der Waals surface area contributed by atoms with Gasteiger partial charge in [0.15, 0.2) is 0 Å². The van der Waals surface area contributed by atoms with E-state index in [0.29, 0.717) is 11.4 Å². The lowest BCUT2D eigenvalue weighted by Crippen LogP contribution is -2.16. The summed E-state index contributed by atoms with van der Waals surface area (Å²) in [7, 11) is 0. The van der Waals surface area contributed by atoms with Gasteiger partial charge in [0, 0.05) is 18.3 Å². The second-order valence-electron chi connectivity index (χ2n) is 3.65. The lowest BCUT2D eigenvalue weighted by molar-refractivity contribution is 0.102. The topological polar surface area (TPSA) is 68.0 Å². The van der Waals surface area contributed by atoms with Gasteiger partial charge in [0.2, 0.25) is 0 Å². The zero-order chi connectivity index (χ0) is 13.0. The van der Waals surface area contributed by atoms with Gasteiger partial charge in [-0.25, -0.2) is 9.37 Å². The fourth-order valence-corrected chi connectivity index (χ4v) is 1.54. The smallest absolute Gasteiger partial charge is 0.259 e. The summed E-state index contributed by atoms with van der Waals surface area (Å²) in [5.74, 6) is -0.755. The first-order chi connectivity index (χ1) is 8.72. The number of benzene rings is 1. The molecule has 0 bridgehead atoms. The van der Waals surface area contributed by atoms with Gasteiger partial charge >= 0.3 is 0 Å². The number of anilines is 1. The Kier molecular flexibility index (Phi) is 3.64. The second kappa shape index (κ2) is 5.37. The molecule has 92 valence electrons. The highest BCUT2D eigenvalue weighted by Gasteiger charge is 2.12. The summed E-state index contributed by atoms with van der Waals surface area (Å²) in [6, 6.07) is 9.25. The Bertz CT molecular complexity index is 572. The molecule has 1 aromatic heterocycles. The van der Waals surface area contributed by atoms with Crippen LogP contribution in [0, 0.1) is 5.82 Å². The second-order valence-corrected chi connectivity index (χ2v) is 3.65. The molecular weight excluding hydrogens is 233 g/mol. The van der Waals surface area contributed by atoms with Crippen LogP contribution in [-0.4, -0.2) is 10.9 Å². The largest absolute Gasteiger partial charge is 0.326 e. The van der Waals surface area contributed by atoms with E-state index in [4.69, 9.17) is 5.73 Å². The number of nitrogens with two attached hydrogens (primary N) is 1. The molecule has 0 fully saturated rings. The highest BCUT2D eigenvalue weighted by molar-refractivity contribution is 6.04. The Labute approximate surface area is 104 Å². The molecule has 2 aromatic rings. The van der Waals surface area contributed by atoms with Crippen molar-refractivity contribution in [3.63, 3.8) is 0 Å². The Morgan fingerprint density at radius 3 is 2.78 bits per heavy atom. The SMILES string of the molecule is NCc1cccnc1NC(=O)c1ccccc1F. The third-order valence-corrected chi connectivity index (χ3v) is 2.46. The maximum Gasteiger partial charge on any atom is 0.259 e. The summed E-state index contributed by atoms with van der Waals surface area (Å²) in [6.07, 6.45) is 1.54. The van der Waals surface area contributed by atoms with Crippen molar-refractivity contribution in [1.82, 2.24) is 4.98 Å². The first-order valence-electron chi connectivity index (χ1n) is 5.42. The fourth-order valence-electron chi connectivity index (χ4n) is 1.54. The van der Waals surface area contributed by atoms with E-state index in [1.54, 1.807) is 18.2 Å². The zero-order valence-corrected chi connectivity index (χ0v) is 9.56. The van der Waals surface area contributed by atoms with Crippen LogP contribution in [-0.2, 0) is 6.54 Å².